The van der Waals surface area contributed by atoms with Crippen LogP contribution in [-0.2, 0) is 16.6 Å². The van der Waals surface area contributed by atoms with Crippen LogP contribution in [0.4, 0.5) is 5.82 Å². The van der Waals surface area contributed by atoms with Gasteiger partial charge in [0.2, 0.25) is 0 Å². The van der Waals surface area contributed by atoms with Crippen molar-refractivity contribution in [3.63, 3.8) is 0 Å². The van der Waals surface area contributed by atoms with Crippen LogP contribution in [0.25, 0.3) is 0 Å². The quantitative estimate of drug-likeness (QED) is 0.728. The molecule has 6 nitrogen and oxygen atoms in total. The van der Waals surface area contributed by atoms with Gasteiger partial charge >= 0.3 is 0 Å². The molecular weight excluding hydrogens is 314 g/mol. The Labute approximate surface area is 134 Å². The number of benzene rings is 1. The molecule has 1 aromatic carbocycles. The van der Waals surface area contributed by atoms with E-state index in [9.17, 15) is 8.42 Å². The standard InChI is InChI=1S/C16H15N3O3S/c20-23(21,15-9-5-10-17-15)19-16-14(8-4-11-18-16)22-12-13-6-2-1-3-7-13/h1-11,17H,12H2,(H,18,19). The molecule has 118 valence electrons. The molecule has 2 heterocycles. The molecule has 0 amide bonds. The van der Waals surface area contributed by atoms with Gasteiger partial charge in [0.05, 0.1) is 0 Å². The SMILES string of the molecule is O=S(=O)(Nc1ncccc1OCc1ccccc1)c1ccc[nH]1. The molecule has 0 saturated carbocycles. The molecule has 3 rings (SSSR count). The Bertz CT molecular complexity index is 863. The third kappa shape index (κ3) is 3.70. The first-order valence-corrected chi connectivity index (χ1v) is 8.41. The summed E-state index contributed by atoms with van der Waals surface area (Å²) in [6, 6.07) is 16.0. The molecule has 7 heteroatoms. The fourth-order valence-electron chi connectivity index (χ4n) is 1.98. The summed E-state index contributed by atoms with van der Waals surface area (Å²) < 4.78 is 32.6. The van der Waals surface area contributed by atoms with Crippen LogP contribution in [0.3, 0.4) is 0 Å². The maximum atomic E-state index is 12.3. The van der Waals surface area contributed by atoms with Gasteiger partial charge in [-0.25, -0.2) is 4.98 Å². The van der Waals surface area contributed by atoms with Crippen LogP contribution in [0, 0.1) is 0 Å². The predicted molar refractivity (Wildman–Crippen MR) is 86.6 cm³/mol. The summed E-state index contributed by atoms with van der Waals surface area (Å²) in [5, 5.41) is 0.0668. The van der Waals surface area contributed by atoms with Gasteiger partial charge in [-0.2, -0.15) is 8.42 Å². The normalized spacial score (nSPS) is 11.1. The number of anilines is 1. The van der Waals surface area contributed by atoms with Crippen molar-refractivity contribution in [2.24, 2.45) is 0 Å². The number of nitrogens with zero attached hydrogens (tertiary/aromatic N) is 1. The van der Waals surface area contributed by atoms with Gasteiger partial charge in [-0.15, -0.1) is 0 Å². The fraction of sp³-hybridized carbons (Fsp3) is 0.0625. The molecule has 0 radical (unpaired) electrons. The number of sulfonamides is 1. The van der Waals surface area contributed by atoms with Gasteiger partial charge in [0.15, 0.2) is 16.6 Å². The number of ether oxygens (including phenoxy) is 1. The number of aromatic amines is 1. The zero-order valence-electron chi connectivity index (χ0n) is 12.1. The van der Waals surface area contributed by atoms with Gasteiger partial charge in [-0.1, -0.05) is 30.3 Å². The maximum Gasteiger partial charge on any atom is 0.278 e. The van der Waals surface area contributed by atoms with Crippen molar-refractivity contribution in [2.45, 2.75) is 11.6 Å². The molecule has 0 atom stereocenters. The topological polar surface area (TPSA) is 84.1 Å². The summed E-state index contributed by atoms with van der Waals surface area (Å²) in [6.07, 6.45) is 3.04. The molecule has 0 aliphatic rings. The summed E-state index contributed by atoms with van der Waals surface area (Å²) in [5.74, 6) is 0.518. The van der Waals surface area contributed by atoms with Crippen LogP contribution < -0.4 is 9.46 Å². The van der Waals surface area contributed by atoms with Gasteiger partial charge < -0.3 is 9.72 Å². The fourth-order valence-corrected chi connectivity index (χ4v) is 2.98. The number of hydrogen-bond donors (Lipinski definition) is 2. The highest BCUT2D eigenvalue weighted by Gasteiger charge is 2.18. The van der Waals surface area contributed by atoms with Crippen molar-refractivity contribution >= 4 is 15.8 Å². The molecule has 0 unspecified atom stereocenters. The van der Waals surface area contributed by atoms with Crippen molar-refractivity contribution in [3.8, 4) is 5.75 Å². The molecule has 0 aliphatic carbocycles. The lowest BCUT2D eigenvalue weighted by Crippen LogP contribution is -2.15. The number of aromatic nitrogens is 2. The van der Waals surface area contributed by atoms with Crippen molar-refractivity contribution in [2.75, 3.05) is 4.72 Å². The minimum absolute atomic E-state index is 0.0668. The van der Waals surface area contributed by atoms with E-state index >= 15 is 0 Å². The van der Waals surface area contributed by atoms with E-state index in [1.807, 2.05) is 30.3 Å². The Hall–Kier alpha value is -2.80. The van der Waals surface area contributed by atoms with E-state index in [1.54, 1.807) is 24.4 Å². The second kappa shape index (κ2) is 6.53. The van der Waals surface area contributed by atoms with Crippen LogP contribution in [0.1, 0.15) is 5.56 Å². The highest BCUT2D eigenvalue weighted by molar-refractivity contribution is 7.92. The molecule has 2 aromatic heterocycles. The second-order valence-corrected chi connectivity index (χ2v) is 6.42. The molecular formula is C16H15N3O3S. The molecule has 0 spiro atoms. The zero-order valence-corrected chi connectivity index (χ0v) is 13.0. The third-order valence-electron chi connectivity index (χ3n) is 3.10. The van der Waals surface area contributed by atoms with Crippen molar-refractivity contribution in [3.05, 3.63) is 72.6 Å². The first-order valence-electron chi connectivity index (χ1n) is 6.93. The molecule has 0 aliphatic heterocycles. The van der Waals surface area contributed by atoms with E-state index in [0.717, 1.165) is 5.56 Å². The maximum absolute atomic E-state index is 12.3. The average Bonchev–Trinajstić information content (AvgIpc) is 3.10. The average molecular weight is 329 g/mol. The van der Waals surface area contributed by atoms with E-state index < -0.39 is 10.0 Å². The second-order valence-electron chi connectivity index (χ2n) is 4.76. The molecule has 0 bridgehead atoms. The predicted octanol–water partition coefficient (Wildman–Crippen LogP) is 2.79. The number of hydrogen-bond acceptors (Lipinski definition) is 4. The monoisotopic (exact) mass is 329 g/mol. The van der Waals surface area contributed by atoms with Gasteiger partial charge in [-0.05, 0) is 29.8 Å². The number of pyridine rings is 1. The number of nitrogens with one attached hydrogen (secondary N) is 2. The first kappa shape index (κ1) is 15.1. The smallest absolute Gasteiger partial charge is 0.278 e. The van der Waals surface area contributed by atoms with E-state index in [-0.39, 0.29) is 10.8 Å². The van der Waals surface area contributed by atoms with Crippen LogP contribution in [0.2, 0.25) is 0 Å². The van der Waals surface area contributed by atoms with E-state index in [1.165, 1.54) is 12.3 Å². The lowest BCUT2D eigenvalue weighted by atomic mass is 10.2. The zero-order chi connectivity index (χ0) is 16.1. The van der Waals surface area contributed by atoms with E-state index in [4.69, 9.17) is 4.74 Å². The lowest BCUT2D eigenvalue weighted by molar-refractivity contribution is 0.307. The van der Waals surface area contributed by atoms with Gasteiger partial charge in [-0.3, -0.25) is 4.72 Å². The lowest BCUT2D eigenvalue weighted by Gasteiger charge is -2.12. The van der Waals surface area contributed by atoms with Crippen LogP contribution in [-0.4, -0.2) is 18.4 Å². The van der Waals surface area contributed by atoms with Gasteiger partial charge in [0, 0.05) is 12.4 Å². The van der Waals surface area contributed by atoms with Crippen LogP contribution >= 0.6 is 0 Å². The minimum atomic E-state index is -3.72. The molecule has 0 saturated heterocycles. The molecule has 3 aromatic rings. The van der Waals surface area contributed by atoms with Crippen molar-refractivity contribution in [1.82, 2.24) is 9.97 Å². The van der Waals surface area contributed by atoms with E-state index in [2.05, 4.69) is 14.7 Å². The third-order valence-corrected chi connectivity index (χ3v) is 4.39. The Morgan fingerprint density at radius 2 is 1.87 bits per heavy atom. The molecule has 23 heavy (non-hydrogen) atoms. The Balaban J connectivity index is 1.78. The summed E-state index contributed by atoms with van der Waals surface area (Å²) in [7, 11) is -3.72. The minimum Gasteiger partial charge on any atom is -0.485 e. The summed E-state index contributed by atoms with van der Waals surface area (Å²) in [6.45, 7) is 0.323. The van der Waals surface area contributed by atoms with E-state index in [0.29, 0.717) is 12.4 Å². The summed E-state index contributed by atoms with van der Waals surface area (Å²) in [5.41, 5.74) is 0.981. The largest absolute Gasteiger partial charge is 0.485 e. The highest BCUT2D eigenvalue weighted by atomic mass is 32.2. The van der Waals surface area contributed by atoms with Crippen LogP contribution in [0.15, 0.2) is 72.0 Å². The highest BCUT2D eigenvalue weighted by Crippen LogP contribution is 2.24. The van der Waals surface area contributed by atoms with Gasteiger partial charge in [0.1, 0.15) is 6.61 Å². The number of H-pyrrole nitrogens is 1. The Morgan fingerprint density at radius 1 is 1.04 bits per heavy atom. The Kier molecular flexibility index (Phi) is 4.29. The Morgan fingerprint density at radius 3 is 2.61 bits per heavy atom. The molecule has 0 fully saturated rings. The van der Waals surface area contributed by atoms with Crippen LogP contribution in [0.5, 0.6) is 5.75 Å². The number of rotatable bonds is 6. The van der Waals surface area contributed by atoms with Crippen molar-refractivity contribution in [1.29, 1.82) is 0 Å². The molecule has 2 N–H and O–H groups in total. The summed E-state index contributed by atoms with van der Waals surface area (Å²) in [4.78, 5) is 6.71. The van der Waals surface area contributed by atoms with Gasteiger partial charge in [0.25, 0.3) is 10.0 Å². The summed E-state index contributed by atoms with van der Waals surface area (Å²) >= 11 is 0. The first-order chi connectivity index (χ1) is 11.1. The van der Waals surface area contributed by atoms with Crippen molar-refractivity contribution < 1.29 is 13.2 Å².